The van der Waals surface area contributed by atoms with Gasteiger partial charge in [0, 0.05) is 6.54 Å². The van der Waals surface area contributed by atoms with Gasteiger partial charge in [0.2, 0.25) is 0 Å². The lowest BCUT2D eigenvalue weighted by Gasteiger charge is -2.08. The minimum absolute atomic E-state index is 0. The number of nitrogens with one attached hydrogen (secondary N) is 1. The molecule has 0 atom stereocenters. The predicted molar refractivity (Wildman–Crippen MR) is 96.3 cm³/mol. The van der Waals surface area contributed by atoms with Gasteiger partial charge in [-0.15, -0.1) is 12.4 Å². The van der Waals surface area contributed by atoms with E-state index in [1.165, 1.54) is 12.1 Å². The van der Waals surface area contributed by atoms with Crippen molar-refractivity contribution in [1.82, 2.24) is 5.32 Å². The van der Waals surface area contributed by atoms with E-state index in [9.17, 15) is 9.18 Å². The Hall–Kier alpha value is -2.11. The standard InChI is InChI=1S/C18H21FN2O2.ClH/c1-23-15-7-4-13(5-8-15)14-6-9-16(17(19)12-14)18(22)21-11-3-2-10-20;/h4-9,12H,2-3,10-11,20H2,1H3,(H,21,22);1H. The Balaban J connectivity index is 0.00000288. The molecule has 0 unspecified atom stereocenters. The lowest BCUT2D eigenvalue weighted by molar-refractivity contribution is 0.0949. The SMILES string of the molecule is COc1ccc(-c2ccc(C(=O)NCCCCN)c(F)c2)cc1.Cl. The maximum atomic E-state index is 14.2. The molecule has 0 spiro atoms. The highest BCUT2D eigenvalue weighted by Crippen LogP contribution is 2.24. The first-order valence-electron chi connectivity index (χ1n) is 7.58. The highest BCUT2D eigenvalue weighted by atomic mass is 35.5. The summed E-state index contributed by atoms with van der Waals surface area (Å²) in [5.41, 5.74) is 7.01. The Bertz CT molecular complexity index is 663. The van der Waals surface area contributed by atoms with E-state index in [2.05, 4.69) is 5.32 Å². The Morgan fingerprint density at radius 1 is 1.12 bits per heavy atom. The van der Waals surface area contributed by atoms with Gasteiger partial charge in [-0.3, -0.25) is 4.79 Å². The van der Waals surface area contributed by atoms with E-state index >= 15 is 0 Å². The van der Waals surface area contributed by atoms with Crippen LogP contribution in [-0.4, -0.2) is 26.1 Å². The number of unbranched alkanes of at least 4 members (excludes halogenated alkanes) is 1. The summed E-state index contributed by atoms with van der Waals surface area (Å²) < 4.78 is 19.3. The smallest absolute Gasteiger partial charge is 0.254 e. The quantitative estimate of drug-likeness (QED) is 0.751. The largest absolute Gasteiger partial charge is 0.497 e. The van der Waals surface area contributed by atoms with E-state index in [-0.39, 0.29) is 18.0 Å². The third kappa shape index (κ3) is 5.22. The summed E-state index contributed by atoms with van der Waals surface area (Å²) in [4.78, 5) is 12.0. The van der Waals surface area contributed by atoms with Crippen molar-refractivity contribution < 1.29 is 13.9 Å². The molecule has 2 aromatic carbocycles. The first kappa shape index (κ1) is 19.9. The third-order valence-electron chi connectivity index (χ3n) is 3.55. The Labute approximate surface area is 147 Å². The van der Waals surface area contributed by atoms with Crippen LogP contribution in [0.4, 0.5) is 4.39 Å². The summed E-state index contributed by atoms with van der Waals surface area (Å²) in [6.07, 6.45) is 1.62. The molecule has 3 N–H and O–H groups in total. The zero-order valence-corrected chi connectivity index (χ0v) is 14.4. The maximum absolute atomic E-state index is 14.2. The van der Waals surface area contributed by atoms with Gasteiger partial charge >= 0.3 is 0 Å². The molecular weight excluding hydrogens is 331 g/mol. The van der Waals surface area contributed by atoms with Gasteiger partial charge in [-0.1, -0.05) is 18.2 Å². The summed E-state index contributed by atoms with van der Waals surface area (Å²) in [5, 5.41) is 2.70. The Morgan fingerprint density at radius 2 is 1.79 bits per heavy atom. The highest BCUT2D eigenvalue weighted by Gasteiger charge is 2.12. The average molecular weight is 353 g/mol. The average Bonchev–Trinajstić information content (AvgIpc) is 2.58. The summed E-state index contributed by atoms with van der Waals surface area (Å²) in [6.45, 7) is 1.08. The number of hydrogen-bond acceptors (Lipinski definition) is 3. The van der Waals surface area contributed by atoms with Gasteiger partial charge < -0.3 is 15.8 Å². The van der Waals surface area contributed by atoms with Gasteiger partial charge in [-0.2, -0.15) is 0 Å². The minimum atomic E-state index is -0.533. The lowest BCUT2D eigenvalue weighted by atomic mass is 10.0. The van der Waals surface area contributed by atoms with E-state index in [1.807, 2.05) is 24.3 Å². The Morgan fingerprint density at radius 3 is 2.38 bits per heavy atom. The molecule has 0 aliphatic carbocycles. The number of halogens is 2. The second kappa shape index (κ2) is 9.90. The molecule has 0 fully saturated rings. The number of carbonyl (C=O) groups is 1. The molecule has 0 heterocycles. The third-order valence-corrected chi connectivity index (χ3v) is 3.55. The van der Waals surface area contributed by atoms with Crippen LogP contribution in [0.5, 0.6) is 5.75 Å². The zero-order valence-electron chi connectivity index (χ0n) is 13.5. The molecule has 2 aromatic rings. The van der Waals surface area contributed by atoms with Crippen molar-refractivity contribution >= 4 is 18.3 Å². The van der Waals surface area contributed by atoms with E-state index in [0.717, 1.165) is 24.2 Å². The lowest BCUT2D eigenvalue weighted by Crippen LogP contribution is -2.25. The molecule has 0 radical (unpaired) electrons. The first-order valence-corrected chi connectivity index (χ1v) is 7.58. The monoisotopic (exact) mass is 352 g/mol. The number of amides is 1. The van der Waals surface area contributed by atoms with Gasteiger partial charge in [0.1, 0.15) is 11.6 Å². The van der Waals surface area contributed by atoms with Crippen LogP contribution in [0, 0.1) is 5.82 Å². The normalized spacial score (nSPS) is 9.96. The molecule has 0 bridgehead atoms. The van der Waals surface area contributed by atoms with Gasteiger partial charge in [-0.05, 0) is 54.8 Å². The molecule has 0 aliphatic heterocycles. The van der Waals surface area contributed by atoms with Crippen molar-refractivity contribution in [3.8, 4) is 16.9 Å². The van der Waals surface area contributed by atoms with Crippen molar-refractivity contribution in [2.75, 3.05) is 20.2 Å². The summed E-state index contributed by atoms with van der Waals surface area (Å²) in [6, 6.07) is 11.9. The highest BCUT2D eigenvalue weighted by molar-refractivity contribution is 5.95. The number of benzene rings is 2. The molecule has 6 heteroatoms. The van der Waals surface area contributed by atoms with Crippen LogP contribution >= 0.6 is 12.4 Å². The fourth-order valence-corrected chi connectivity index (χ4v) is 2.23. The number of nitrogens with two attached hydrogens (primary N) is 1. The number of carbonyl (C=O) groups excluding carboxylic acids is 1. The van der Waals surface area contributed by atoms with Crippen LogP contribution in [0.25, 0.3) is 11.1 Å². The summed E-state index contributed by atoms with van der Waals surface area (Å²) in [5.74, 6) is -0.196. The van der Waals surface area contributed by atoms with Gasteiger partial charge in [-0.25, -0.2) is 4.39 Å². The molecule has 4 nitrogen and oxygen atoms in total. The molecular formula is C18H22ClFN2O2. The molecule has 0 aromatic heterocycles. The molecule has 0 saturated heterocycles. The number of hydrogen-bond donors (Lipinski definition) is 2. The van der Waals surface area contributed by atoms with Crippen molar-refractivity contribution in [2.45, 2.75) is 12.8 Å². The molecule has 0 saturated carbocycles. The van der Waals surface area contributed by atoms with Gasteiger partial charge in [0.25, 0.3) is 5.91 Å². The molecule has 2 rings (SSSR count). The second-order valence-electron chi connectivity index (χ2n) is 5.17. The topological polar surface area (TPSA) is 64.3 Å². The van der Waals surface area contributed by atoms with Crippen LogP contribution in [0.3, 0.4) is 0 Å². The fourth-order valence-electron chi connectivity index (χ4n) is 2.23. The number of ether oxygens (including phenoxy) is 1. The van der Waals surface area contributed by atoms with E-state index < -0.39 is 11.7 Å². The van der Waals surface area contributed by atoms with Crippen molar-refractivity contribution in [3.05, 3.63) is 53.8 Å². The Kier molecular flexibility index (Phi) is 8.22. The van der Waals surface area contributed by atoms with E-state index in [1.54, 1.807) is 13.2 Å². The van der Waals surface area contributed by atoms with E-state index in [4.69, 9.17) is 10.5 Å². The van der Waals surface area contributed by atoms with Crippen LogP contribution < -0.4 is 15.8 Å². The first-order chi connectivity index (χ1) is 11.2. The van der Waals surface area contributed by atoms with Crippen molar-refractivity contribution in [2.24, 2.45) is 5.73 Å². The van der Waals surface area contributed by atoms with Crippen molar-refractivity contribution in [1.29, 1.82) is 0 Å². The van der Waals surface area contributed by atoms with Crippen molar-refractivity contribution in [3.63, 3.8) is 0 Å². The van der Waals surface area contributed by atoms with Crippen LogP contribution in [0.2, 0.25) is 0 Å². The molecule has 0 aliphatic rings. The fraction of sp³-hybridized carbons (Fsp3) is 0.278. The number of rotatable bonds is 7. The maximum Gasteiger partial charge on any atom is 0.254 e. The van der Waals surface area contributed by atoms with Crippen LogP contribution in [0.15, 0.2) is 42.5 Å². The summed E-state index contributed by atoms with van der Waals surface area (Å²) in [7, 11) is 1.59. The molecule has 130 valence electrons. The molecule has 1 amide bonds. The minimum Gasteiger partial charge on any atom is -0.497 e. The van der Waals surface area contributed by atoms with E-state index in [0.29, 0.717) is 18.7 Å². The second-order valence-corrected chi connectivity index (χ2v) is 5.17. The number of methoxy groups -OCH3 is 1. The zero-order chi connectivity index (χ0) is 16.7. The van der Waals surface area contributed by atoms with Gasteiger partial charge in [0.15, 0.2) is 0 Å². The van der Waals surface area contributed by atoms with Gasteiger partial charge in [0.05, 0.1) is 12.7 Å². The van der Waals surface area contributed by atoms with Crippen LogP contribution in [0.1, 0.15) is 23.2 Å². The predicted octanol–water partition coefficient (Wildman–Crippen LogP) is 3.39. The molecule has 24 heavy (non-hydrogen) atoms. The summed E-state index contributed by atoms with van der Waals surface area (Å²) >= 11 is 0. The van der Waals surface area contributed by atoms with Crippen LogP contribution in [-0.2, 0) is 0 Å².